The fourth-order valence-electron chi connectivity index (χ4n) is 3.12. The van der Waals surface area contributed by atoms with Crippen LogP contribution in [0.3, 0.4) is 0 Å². The first-order chi connectivity index (χ1) is 15.8. The van der Waals surface area contributed by atoms with Crippen molar-refractivity contribution in [3.05, 3.63) is 42.5 Å². The SMILES string of the molecule is NCCCCC(N)(C(=O)O)C(=O)C(CCC(=O)O)Nc1ccc([N+](=O)[O-])c([N+](=O)[O-])c1[N+](=O)[O-]. The van der Waals surface area contributed by atoms with Gasteiger partial charge < -0.3 is 27.0 Å². The number of nitro groups is 3. The number of nitrogens with zero attached hydrogens (tertiary/aromatic N) is 3. The number of ketones is 1. The molecule has 0 aromatic heterocycles. The van der Waals surface area contributed by atoms with Gasteiger partial charge >= 0.3 is 29.0 Å². The fourth-order valence-corrected chi connectivity index (χ4v) is 3.12. The Kier molecular flexibility index (Phi) is 9.45. The van der Waals surface area contributed by atoms with Crippen molar-refractivity contribution in [2.24, 2.45) is 11.5 Å². The van der Waals surface area contributed by atoms with Gasteiger partial charge in [-0.25, -0.2) is 4.79 Å². The van der Waals surface area contributed by atoms with Crippen LogP contribution in [0.15, 0.2) is 12.1 Å². The maximum absolute atomic E-state index is 13.1. The van der Waals surface area contributed by atoms with Crippen molar-refractivity contribution in [2.75, 3.05) is 11.9 Å². The molecule has 186 valence electrons. The van der Waals surface area contributed by atoms with Crippen molar-refractivity contribution in [1.82, 2.24) is 0 Å². The predicted molar refractivity (Wildman–Crippen MR) is 113 cm³/mol. The van der Waals surface area contributed by atoms with Crippen molar-refractivity contribution >= 4 is 40.5 Å². The summed E-state index contributed by atoms with van der Waals surface area (Å²) in [5.41, 5.74) is 3.85. The molecule has 17 nitrogen and oxygen atoms in total. The largest absolute Gasteiger partial charge is 0.481 e. The number of anilines is 1. The number of nitrogens with two attached hydrogens (primary N) is 2. The summed E-state index contributed by atoms with van der Waals surface area (Å²) in [6.45, 7) is 0.170. The molecule has 0 aliphatic carbocycles. The quantitative estimate of drug-likeness (QED) is 0.0978. The van der Waals surface area contributed by atoms with Crippen LogP contribution in [0.25, 0.3) is 0 Å². The molecule has 1 aromatic carbocycles. The molecule has 0 saturated heterocycles. The standard InChI is InChI=1S/C17H22N6O11/c18-8-2-1-7-17(19,16(27)28)15(26)10(4-6-12(24)25)20-9-3-5-11(21(29)30)14(23(33)34)13(9)22(31)32/h3,5,10,20H,1-2,4,6-8,18-19H2,(H,24,25)(H,27,28). The number of rotatable bonds is 15. The van der Waals surface area contributed by atoms with Gasteiger partial charge in [0.1, 0.15) is 5.69 Å². The van der Waals surface area contributed by atoms with Crippen LogP contribution in [0.1, 0.15) is 32.1 Å². The lowest BCUT2D eigenvalue weighted by molar-refractivity contribution is -0.440. The van der Waals surface area contributed by atoms with E-state index in [4.69, 9.17) is 16.6 Å². The molecule has 7 N–H and O–H groups in total. The summed E-state index contributed by atoms with van der Waals surface area (Å²) in [5, 5.41) is 54.8. The smallest absolute Gasteiger partial charge is 0.424 e. The lowest BCUT2D eigenvalue weighted by Gasteiger charge is -2.29. The monoisotopic (exact) mass is 486 g/mol. The summed E-state index contributed by atoms with van der Waals surface area (Å²) in [4.78, 5) is 66.1. The molecule has 0 radical (unpaired) electrons. The maximum Gasteiger partial charge on any atom is 0.424 e. The second kappa shape index (κ2) is 11.6. The highest BCUT2D eigenvalue weighted by Crippen LogP contribution is 2.42. The third kappa shape index (κ3) is 6.39. The number of unbranched alkanes of at least 4 members (excludes halogenated alkanes) is 1. The fraction of sp³-hybridized carbons (Fsp3) is 0.471. The zero-order valence-corrected chi connectivity index (χ0v) is 17.5. The number of aliphatic carboxylic acids is 2. The number of carboxylic acid groups (broad SMARTS) is 2. The van der Waals surface area contributed by atoms with E-state index >= 15 is 0 Å². The van der Waals surface area contributed by atoms with Crippen LogP contribution in [-0.4, -0.2) is 60.8 Å². The Labute approximate surface area is 190 Å². The number of nitro benzene ring substituents is 3. The zero-order valence-electron chi connectivity index (χ0n) is 17.5. The van der Waals surface area contributed by atoms with E-state index in [9.17, 15) is 49.8 Å². The Morgan fingerprint density at radius 1 is 1.00 bits per heavy atom. The highest BCUT2D eigenvalue weighted by Gasteiger charge is 2.46. The predicted octanol–water partition coefficient (Wildman–Crippen LogP) is 0.537. The first-order valence-electron chi connectivity index (χ1n) is 9.63. The van der Waals surface area contributed by atoms with E-state index in [0.29, 0.717) is 12.5 Å². The normalized spacial score (nSPS) is 13.4. The van der Waals surface area contributed by atoms with E-state index in [0.717, 1.165) is 6.07 Å². The van der Waals surface area contributed by atoms with E-state index in [2.05, 4.69) is 5.32 Å². The van der Waals surface area contributed by atoms with Gasteiger partial charge in [-0.2, -0.15) is 0 Å². The Balaban J connectivity index is 3.60. The van der Waals surface area contributed by atoms with E-state index in [1.807, 2.05) is 0 Å². The van der Waals surface area contributed by atoms with E-state index in [-0.39, 0.29) is 13.0 Å². The first kappa shape index (κ1) is 27.8. The summed E-state index contributed by atoms with van der Waals surface area (Å²) < 4.78 is 0. The Hall–Kier alpha value is -4.25. The zero-order chi connectivity index (χ0) is 26.2. The summed E-state index contributed by atoms with van der Waals surface area (Å²) in [6.07, 6.45) is -1.28. The minimum Gasteiger partial charge on any atom is -0.481 e. The molecular weight excluding hydrogens is 464 g/mol. The van der Waals surface area contributed by atoms with Crippen molar-refractivity contribution in [2.45, 2.75) is 43.7 Å². The van der Waals surface area contributed by atoms with Crippen molar-refractivity contribution in [1.29, 1.82) is 0 Å². The highest BCUT2D eigenvalue weighted by molar-refractivity contribution is 6.11. The number of Topliss-reactive ketones (excluding diaryl/α,β-unsaturated/α-hetero) is 1. The van der Waals surface area contributed by atoms with Gasteiger partial charge in [0.05, 0.1) is 20.8 Å². The van der Waals surface area contributed by atoms with Crippen molar-refractivity contribution < 1.29 is 39.4 Å². The number of carbonyl (C=O) groups is 3. The van der Waals surface area contributed by atoms with Gasteiger partial charge in [-0.1, -0.05) is 0 Å². The number of nitrogens with one attached hydrogen (secondary N) is 1. The van der Waals surface area contributed by atoms with Crippen LogP contribution in [0, 0.1) is 30.3 Å². The molecule has 0 fully saturated rings. The molecule has 2 atom stereocenters. The Morgan fingerprint density at radius 2 is 1.59 bits per heavy atom. The van der Waals surface area contributed by atoms with E-state index < -0.39 is 86.1 Å². The molecule has 0 spiro atoms. The molecule has 0 aliphatic heterocycles. The minimum atomic E-state index is -2.53. The number of benzene rings is 1. The van der Waals surface area contributed by atoms with Gasteiger partial charge in [0, 0.05) is 12.5 Å². The average molecular weight is 486 g/mol. The van der Waals surface area contributed by atoms with Crippen LogP contribution in [0.2, 0.25) is 0 Å². The summed E-state index contributed by atoms with van der Waals surface area (Å²) in [5.74, 6) is -4.39. The molecular formula is C17H22N6O11. The van der Waals surface area contributed by atoms with Crippen LogP contribution in [-0.2, 0) is 14.4 Å². The minimum absolute atomic E-state index is 0.111. The average Bonchev–Trinajstić information content (AvgIpc) is 2.74. The second-order valence-corrected chi connectivity index (χ2v) is 7.12. The molecule has 17 heteroatoms. The lowest BCUT2D eigenvalue weighted by Crippen LogP contribution is -2.59. The van der Waals surface area contributed by atoms with Crippen LogP contribution in [0.5, 0.6) is 0 Å². The third-order valence-corrected chi connectivity index (χ3v) is 4.83. The number of hydrogen-bond donors (Lipinski definition) is 5. The number of carbonyl (C=O) groups excluding carboxylic acids is 1. The van der Waals surface area contributed by atoms with Gasteiger partial charge in [0.15, 0.2) is 11.3 Å². The third-order valence-electron chi connectivity index (χ3n) is 4.83. The molecule has 0 amide bonds. The van der Waals surface area contributed by atoms with Gasteiger partial charge in [-0.15, -0.1) is 0 Å². The highest BCUT2D eigenvalue weighted by atomic mass is 16.6. The first-order valence-corrected chi connectivity index (χ1v) is 9.63. The topological polar surface area (TPSA) is 285 Å². The molecule has 0 heterocycles. The van der Waals surface area contributed by atoms with E-state index in [1.54, 1.807) is 0 Å². The summed E-state index contributed by atoms with van der Waals surface area (Å²) in [7, 11) is 0. The van der Waals surface area contributed by atoms with Crippen LogP contribution < -0.4 is 16.8 Å². The molecule has 1 aromatic rings. The lowest BCUT2D eigenvalue weighted by atomic mass is 9.84. The Bertz CT molecular complexity index is 1010. The van der Waals surface area contributed by atoms with Crippen molar-refractivity contribution in [3.63, 3.8) is 0 Å². The molecule has 0 aliphatic rings. The van der Waals surface area contributed by atoms with Gasteiger partial charge in [0.25, 0.3) is 0 Å². The summed E-state index contributed by atoms with van der Waals surface area (Å²) in [6, 6.07) is -0.451. The maximum atomic E-state index is 13.1. The number of carboxylic acids is 2. The molecule has 2 unspecified atom stereocenters. The molecule has 0 bridgehead atoms. The van der Waals surface area contributed by atoms with Crippen molar-refractivity contribution in [3.8, 4) is 0 Å². The van der Waals surface area contributed by atoms with Crippen LogP contribution >= 0.6 is 0 Å². The molecule has 1 rings (SSSR count). The van der Waals surface area contributed by atoms with Gasteiger partial charge in [-0.05, 0) is 38.3 Å². The van der Waals surface area contributed by atoms with Gasteiger partial charge in [0.2, 0.25) is 0 Å². The van der Waals surface area contributed by atoms with E-state index in [1.165, 1.54) is 0 Å². The molecule has 34 heavy (non-hydrogen) atoms. The van der Waals surface area contributed by atoms with Gasteiger partial charge in [-0.3, -0.25) is 39.9 Å². The molecule has 0 saturated carbocycles. The summed E-state index contributed by atoms with van der Waals surface area (Å²) >= 11 is 0. The second-order valence-electron chi connectivity index (χ2n) is 7.12. The van der Waals surface area contributed by atoms with Crippen LogP contribution in [0.4, 0.5) is 22.7 Å². The number of hydrogen-bond acceptors (Lipinski definition) is 12. The Morgan fingerprint density at radius 3 is 2.03 bits per heavy atom.